The van der Waals surface area contributed by atoms with Crippen molar-refractivity contribution in [1.82, 2.24) is 0 Å². The number of benzene rings is 2. The number of hydrogen-bond donors (Lipinski definition) is 0. The highest BCUT2D eigenvalue weighted by atomic mass is 35.5. The second-order valence-corrected chi connectivity index (χ2v) is 4.81. The van der Waals surface area contributed by atoms with Crippen molar-refractivity contribution < 1.29 is 9.47 Å². The van der Waals surface area contributed by atoms with Gasteiger partial charge in [-0.2, -0.15) is 0 Å². The molecule has 0 saturated carbocycles. The summed E-state index contributed by atoms with van der Waals surface area (Å²) >= 11 is 5.95. The van der Waals surface area contributed by atoms with E-state index in [0.717, 1.165) is 23.3 Å². The summed E-state index contributed by atoms with van der Waals surface area (Å²) in [6.07, 6.45) is 1.05. The molecule has 2 rings (SSSR count). The van der Waals surface area contributed by atoms with Gasteiger partial charge in [0, 0.05) is 5.56 Å². The van der Waals surface area contributed by atoms with Crippen LogP contribution in [0.1, 0.15) is 23.6 Å². The number of para-hydroxylation sites is 1. The maximum absolute atomic E-state index is 5.95. The minimum absolute atomic E-state index is 0.404. The van der Waals surface area contributed by atoms with E-state index in [9.17, 15) is 0 Å². The van der Waals surface area contributed by atoms with Crippen molar-refractivity contribution in [2.24, 2.45) is 0 Å². The third kappa shape index (κ3) is 3.45. The number of methoxy groups -OCH3 is 1. The minimum atomic E-state index is 0.404. The van der Waals surface area contributed by atoms with Crippen molar-refractivity contribution >= 4 is 11.6 Å². The van der Waals surface area contributed by atoms with Gasteiger partial charge in [-0.15, -0.1) is 11.6 Å². The molecule has 106 valence electrons. The van der Waals surface area contributed by atoms with Crippen molar-refractivity contribution in [1.29, 1.82) is 0 Å². The Labute approximate surface area is 125 Å². The lowest BCUT2D eigenvalue weighted by atomic mass is 10.1. The Balaban J connectivity index is 2.13. The molecule has 0 heterocycles. The molecule has 0 amide bonds. The highest BCUT2D eigenvalue weighted by Crippen LogP contribution is 2.32. The molecule has 0 atom stereocenters. The van der Waals surface area contributed by atoms with Crippen LogP contribution in [-0.2, 0) is 18.9 Å². The predicted molar refractivity (Wildman–Crippen MR) is 82.7 cm³/mol. The SMILES string of the molecule is CCc1ccc(COc2c(CCl)cccc2OC)cc1. The summed E-state index contributed by atoms with van der Waals surface area (Å²) in [5.41, 5.74) is 3.40. The first-order valence-electron chi connectivity index (χ1n) is 6.71. The van der Waals surface area contributed by atoms with E-state index in [4.69, 9.17) is 21.1 Å². The molecule has 2 aromatic rings. The van der Waals surface area contributed by atoms with E-state index < -0.39 is 0 Å². The third-order valence-electron chi connectivity index (χ3n) is 3.24. The largest absolute Gasteiger partial charge is 0.493 e. The van der Waals surface area contributed by atoms with E-state index in [-0.39, 0.29) is 0 Å². The summed E-state index contributed by atoms with van der Waals surface area (Å²) in [5, 5.41) is 0. The molecule has 0 aromatic heterocycles. The van der Waals surface area contributed by atoms with Crippen molar-refractivity contribution in [3.05, 3.63) is 59.2 Å². The Morgan fingerprint density at radius 1 is 1.00 bits per heavy atom. The van der Waals surface area contributed by atoms with Crippen LogP contribution < -0.4 is 9.47 Å². The van der Waals surface area contributed by atoms with Crippen LogP contribution in [0, 0.1) is 0 Å². The van der Waals surface area contributed by atoms with E-state index in [1.165, 1.54) is 5.56 Å². The topological polar surface area (TPSA) is 18.5 Å². The second kappa shape index (κ2) is 7.20. The van der Waals surface area contributed by atoms with Gasteiger partial charge in [-0.25, -0.2) is 0 Å². The molecule has 0 spiro atoms. The van der Waals surface area contributed by atoms with Gasteiger partial charge in [0.1, 0.15) is 6.61 Å². The van der Waals surface area contributed by atoms with Crippen LogP contribution in [0.25, 0.3) is 0 Å². The van der Waals surface area contributed by atoms with Crippen LogP contribution in [0.4, 0.5) is 0 Å². The minimum Gasteiger partial charge on any atom is -0.493 e. The van der Waals surface area contributed by atoms with Crippen LogP contribution in [0.3, 0.4) is 0 Å². The smallest absolute Gasteiger partial charge is 0.166 e. The van der Waals surface area contributed by atoms with Crippen LogP contribution in [0.2, 0.25) is 0 Å². The molecule has 0 aliphatic carbocycles. The van der Waals surface area contributed by atoms with Crippen LogP contribution in [0.5, 0.6) is 11.5 Å². The zero-order valence-corrected chi connectivity index (χ0v) is 12.6. The van der Waals surface area contributed by atoms with E-state index in [1.807, 2.05) is 18.2 Å². The molecule has 2 nitrogen and oxygen atoms in total. The van der Waals surface area contributed by atoms with Gasteiger partial charge in [0.2, 0.25) is 0 Å². The molecular weight excluding hydrogens is 272 g/mol. The summed E-state index contributed by atoms with van der Waals surface area (Å²) in [5.74, 6) is 1.85. The van der Waals surface area contributed by atoms with Crippen LogP contribution >= 0.6 is 11.6 Å². The molecule has 0 fully saturated rings. The molecule has 0 aliphatic heterocycles. The highest BCUT2D eigenvalue weighted by molar-refractivity contribution is 6.17. The van der Waals surface area contributed by atoms with Crippen molar-refractivity contribution in [2.45, 2.75) is 25.8 Å². The highest BCUT2D eigenvalue weighted by Gasteiger charge is 2.10. The Kier molecular flexibility index (Phi) is 5.31. The first-order valence-corrected chi connectivity index (χ1v) is 7.24. The molecule has 0 N–H and O–H groups in total. The number of hydrogen-bond acceptors (Lipinski definition) is 2. The Bertz CT molecular complexity index is 527. The first kappa shape index (κ1) is 14.7. The second-order valence-electron chi connectivity index (χ2n) is 4.54. The van der Waals surface area contributed by atoms with Crippen molar-refractivity contribution in [2.75, 3.05) is 7.11 Å². The van der Waals surface area contributed by atoms with E-state index in [1.54, 1.807) is 7.11 Å². The third-order valence-corrected chi connectivity index (χ3v) is 3.53. The molecule has 0 radical (unpaired) electrons. The average Bonchev–Trinajstić information content (AvgIpc) is 2.52. The van der Waals surface area contributed by atoms with Crippen molar-refractivity contribution in [3.8, 4) is 11.5 Å². The molecule has 0 aliphatic rings. The Morgan fingerprint density at radius 2 is 1.70 bits per heavy atom. The molecule has 20 heavy (non-hydrogen) atoms. The fraction of sp³-hybridized carbons (Fsp3) is 0.294. The molecule has 2 aromatic carbocycles. The van der Waals surface area contributed by atoms with Crippen molar-refractivity contribution in [3.63, 3.8) is 0 Å². The fourth-order valence-electron chi connectivity index (χ4n) is 2.02. The number of rotatable bonds is 6. The number of halogens is 1. The van der Waals surface area contributed by atoms with Crippen LogP contribution in [0.15, 0.2) is 42.5 Å². The standard InChI is InChI=1S/C17H19ClO2/c1-3-13-7-9-14(10-8-13)12-20-17-15(11-18)5-4-6-16(17)19-2/h4-10H,3,11-12H2,1-2H3. The summed E-state index contributed by atoms with van der Waals surface area (Å²) in [6, 6.07) is 14.2. The summed E-state index contributed by atoms with van der Waals surface area (Å²) in [7, 11) is 1.64. The maximum atomic E-state index is 5.95. The predicted octanol–water partition coefficient (Wildman–Crippen LogP) is 4.58. The summed E-state index contributed by atoms with van der Waals surface area (Å²) in [6.45, 7) is 2.65. The lowest BCUT2D eigenvalue weighted by Gasteiger charge is -2.14. The normalized spacial score (nSPS) is 10.3. The molecule has 0 saturated heterocycles. The van der Waals surface area contributed by atoms with Crippen LogP contribution in [-0.4, -0.2) is 7.11 Å². The summed E-state index contributed by atoms with van der Waals surface area (Å²) in [4.78, 5) is 0. The molecular formula is C17H19ClO2. The van der Waals surface area contributed by atoms with Gasteiger partial charge in [0.15, 0.2) is 11.5 Å². The van der Waals surface area contributed by atoms with Gasteiger partial charge < -0.3 is 9.47 Å². The molecule has 0 bridgehead atoms. The van der Waals surface area contributed by atoms with Gasteiger partial charge in [-0.3, -0.25) is 0 Å². The van der Waals surface area contributed by atoms with E-state index in [2.05, 4.69) is 31.2 Å². The quantitative estimate of drug-likeness (QED) is 0.725. The molecule has 3 heteroatoms. The van der Waals surface area contributed by atoms with Gasteiger partial charge in [-0.05, 0) is 23.6 Å². The van der Waals surface area contributed by atoms with E-state index >= 15 is 0 Å². The lowest BCUT2D eigenvalue weighted by molar-refractivity contribution is 0.282. The van der Waals surface area contributed by atoms with Gasteiger partial charge in [0.25, 0.3) is 0 Å². The molecule has 0 unspecified atom stereocenters. The number of ether oxygens (including phenoxy) is 2. The lowest BCUT2D eigenvalue weighted by Crippen LogP contribution is -2.00. The van der Waals surface area contributed by atoms with E-state index in [0.29, 0.717) is 18.2 Å². The summed E-state index contributed by atoms with van der Waals surface area (Å²) < 4.78 is 11.2. The number of aryl methyl sites for hydroxylation is 1. The monoisotopic (exact) mass is 290 g/mol. The maximum Gasteiger partial charge on any atom is 0.166 e. The zero-order chi connectivity index (χ0) is 14.4. The average molecular weight is 291 g/mol. The zero-order valence-electron chi connectivity index (χ0n) is 11.9. The number of alkyl halides is 1. The first-order chi connectivity index (χ1) is 9.78. The fourth-order valence-corrected chi connectivity index (χ4v) is 2.23. The van der Waals surface area contributed by atoms with Gasteiger partial charge in [0.05, 0.1) is 13.0 Å². The Hall–Kier alpha value is -1.67. The van der Waals surface area contributed by atoms with Gasteiger partial charge >= 0.3 is 0 Å². The van der Waals surface area contributed by atoms with Gasteiger partial charge in [-0.1, -0.05) is 43.3 Å². The Morgan fingerprint density at radius 3 is 2.30 bits per heavy atom.